The van der Waals surface area contributed by atoms with Crippen molar-refractivity contribution in [3.63, 3.8) is 0 Å². The van der Waals surface area contributed by atoms with Gasteiger partial charge in [0.2, 0.25) is 0 Å². The van der Waals surface area contributed by atoms with Crippen molar-refractivity contribution in [3.05, 3.63) is 35.6 Å². The molecule has 1 N–H and O–H groups in total. The molecule has 0 amide bonds. The van der Waals surface area contributed by atoms with E-state index in [1.165, 1.54) is 25.1 Å². The Labute approximate surface area is 121 Å². The van der Waals surface area contributed by atoms with Gasteiger partial charge in [0, 0.05) is 32.7 Å². The molecule has 1 unspecified atom stereocenters. The highest BCUT2D eigenvalue weighted by Gasteiger charge is 2.17. The molecule has 1 heterocycles. The zero-order valence-electron chi connectivity index (χ0n) is 12.3. The van der Waals surface area contributed by atoms with Crippen molar-refractivity contribution in [1.82, 2.24) is 9.80 Å². The molecule has 1 fully saturated rings. The molecule has 1 aliphatic heterocycles. The third kappa shape index (κ3) is 4.54. The predicted octanol–water partition coefficient (Wildman–Crippen LogP) is 2.28. The van der Waals surface area contributed by atoms with Gasteiger partial charge in [-0.2, -0.15) is 0 Å². The Morgan fingerprint density at radius 3 is 2.15 bits per heavy atom. The zero-order valence-corrected chi connectivity index (χ0v) is 12.3. The lowest BCUT2D eigenvalue weighted by Crippen LogP contribution is -2.46. The summed E-state index contributed by atoms with van der Waals surface area (Å²) in [6.07, 6.45) is 1.42. The second-order valence-electron chi connectivity index (χ2n) is 5.54. The van der Waals surface area contributed by atoms with Gasteiger partial charge in [-0.1, -0.05) is 19.1 Å². The average Bonchev–Trinajstić information content (AvgIpc) is 2.47. The van der Waals surface area contributed by atoms with Crippen LogP contribution in [0.1, 0.15) is 31.4 Å². The SMILES string of the molecule is CCCN1CCN(CCC(O)c2ccc(F)cc2)CC1. The predicted molar refractivity (Wildman–Crippen MR) is 79.1 cm³/mol. The van der Waals surface area contributed by atoms with Gasteiger partial charge in [0.15, 0.2) is 0 Å². The van der Waals surface area contributed by atoms with Crippen LogP contribution in [0.15, 0.2) is 24.3 Å². The van der Waals surface area contributed by atoms with Crippen molar-refractivity contribution >= 4 is 0 Å². The van der Waals surface area contributed by atoms with Gasteiger partial charge in [-0.3, -0.25) is 0 Å². The maximum atomic E-state index is 12.8. The minimum atomic E-state index is -0.496. The van der Waals surface area contributed by atoms with Gasteiger partial charge in [0.05, 0.1) is 6.10 Å². The van der Waals surface area contributed by atoms with Gasteiger partial charge in [-0.25, -0.2) is 4.39 Å². The molecular weight excluding hydrogens is 255 g/mol. The summed E-state index contributed by atoms with van der Waals surface area (Å²) in [7, 11) is 0. The topological polar surface area (TPSA) is 26.7 Å². The van der Waals surface area contributed by atoms with Crippen LogP contribution in [0.5, 0.6) is 0 Å². The van der Waals surface area contributed by atoms with Crippen LogP contribution in [0, 0.1) is 5.82 Å². The fourth-order valence-corrected chi connectivity index (χ4v) is 2.71. The first kappa shape index (κ1) is 15.4. The molecule has 1 saturated heterocycles. The van der Waals surface area contributed by atoms with Crippen molar-refractivity contribution in [1.29, 1.82) is 0 Å². The molecule has 0 aromatic heterocycles. The molecule has 0 spiro atoms. The van der Waals surface area contributed by atoms with Crippen LogP contribution in [-0.4, -0.2) is 54.2 Å². The minimum absolute atomic E-state index is 0.256. The van der Waals surface area contributed by atoms with Gasteiger partial charge in [0.1, 0.15) is 5.82 Å². The molecule has 1 aromatic carbocycles. The maximum absolute atomic E-state index is 12.8. The summed E-state index contributed by atoms with van der Waals surface area (Å²) < 4.78 is 12.8. The number of aliphatic hydroxyl groups is 1. The molecule has 0 saturated carbocycles. The number of hydrogen-bond acceptors (Lipinski definition) is 3. The van der Waals surface area contributed by atoms with E-state index in [9.17, 15) is 9.50 Å². The summed E-state index contributed by atoms with van der Waals surface area (Å²) in [5.41, 5.74) is 0.802. The largest absolute Gasteiger partial charge is 0.388 e. The van der Waals surface area contributed by atoms with Gasteiger partial charge < -0.3 is 14.9 Å². The van der Waals surface area contributed by atoms with Crippen LogP contribution < -0.4 is 0 Å². The highest BCUT2D eigenvalue weighted by molar-refractivity contribution is 5.18. The number of halogens is 1. The first-order valence-electron chi connectivity index (χ1n) is 7.57. The molecule has 20 heavy (non-hydrogen) atoms. The van der Waals surface area contributed by atoms with Crippen LogP contribution in [0.25, 0.3) is 0 Å². The molecule has 0 radical (unpaired) electrons. The first-order chi connectivity index (χ1) is 9.69. The van der Waals surface area contributed by atoms with Crippen LogP contribution in [0.3, 0.4) is 0 Å². The van der Waals surface area contributed by atoms with Crippen molar-refractivity contribution in [2.24, 2.45) is 0 Å². The quantitative estimate of drug-likeness (QED) is 0.866. The number of aliphatic hydroxyl groups excluding tert-OH is 1. The Bertz CT molecular complexity index is 388. The van der Waals surface area contributed by atoms with E-state index in [1.54, 1.807) is 12.1 Å². The van der Waals surface area contributed by atoms with Gasteiger partial charge in [0.25, 0.3) is 0 Å². The Balaban J connectivity index is 1.71. The molecule has 0 aliphatic carbocycles. The minimum Gasteiger partial charge on any atom is -0.388 e. The van der Waals surface area contributed by atoms with E-state index in [1.807, 2.05) is 0 Å². The number of benzene rings is 1. The van der Waals surface area contributed by atoms with E-state index in [2.05, 4.69) is 16.7 Å². The lowest BCUT2D eigenvalue weighted by molar-refractivity contribution is 0.102. The Morgan fingerprint density at radius 2 is 1.60 bits per heavy atom. The van der Waals surface area contributed by atoms with Crippen molar-refractivity contribution < 1.29 is 9.50 Å². The van der Waals surface area contributed by atoms with Crippen molar-refractivity contribution in [2.75, 3.05) is 39.3 Å². The van der Waals surface area contributed by atoms with E-state index in [0.29, 0.717) is 6.42 Å². The van der Waals surface area contributed by atoms with Crippen LogP contribution in [-0.2, 0) is 0 Å². The van der Waals surface area contributed by atoms with Crippen LogP contribution in [0.4, 0.5) is 4.39 Å². The summed E-state index contributed by atoms with van der Waals surface area (Å²) in [4.78, 5) is 4.89. The van der Waals surface area contributed by atoms with Gasteiger partial charge >= 0.3 is 0 Å². The van der Waals surface area contributed by atoms with E-state index in [-0.39, 0.29) is 5.82 Å². The van der Waals surface area contributed by atoms with E-state index in [4.69, 9.17) is 0 Å². The Kier molecular flexibility index (Phi) is 5.95. The highest BCUT2D eigenvalue weighted by atomic mass is 19.1. The van der Waals surface area contributed by atoms with E-state index in [0.717, 1.165) is 38.3 Å². The molecule has 112 valence electrons. The van der Waals surface area contributed by atoms with E-state index < -0.39 is 6.10 Å². The molecule has 1 atom stereocenters. The Hall–Kier alpha value is -0.970. The maximum Gasteiger partial charge on any atom is 0.123 e. The standard InChI is InChI=1S/C16H25FN2O/c1-2-8-18-10-12-19(13-11-18)9-7-16(20)14-3-5-15(17)6-4-14/h3-6,16,20H,2,7-13H2,1H3. The smallest absolute Gasteiger partial charge is 0.123 e. The van der Waals surface area contributed by atoms with Gasteiger partial charge in [-0.15, -0.1) is 0 Å². The molecule has 1 aromatic rings. The molecule has 4 heteroatoms. The number of piperazine rings is 1. The van der Waals surface area contributed by atoms with Crippen LogP contribution >= 0.6 is 0 Å². The van der Waals surface area contributed by atoms with Crippen LogP contribution in [0.2, 0.25) is 0 Å². The monoisotopic (exact) mass is 280 g/mol. The molecule has 3 nitrogen and oxygen atoms in total. The Morgan fingerprint density at radius 1 is 1.05 bits per heavy atom. The van der Waals surface area contributed by atoms with Crippen molar-refractivity contribution in [2.45, 2.75) is 25.9 Å². The summed E-state index contributed by atoms with van der Waals surface area (Å²) in [6.45, 7) is 8.71. The summed E-state index contributed by atoms with van der Waals surface area (Å²) in [5.74, 6) is -0.256. The second-order valence-corrected chi connectivity index (χ2v) is 5.54. The molecule has 0 bridgehead atoms. The third-order valence-corrected chi connectivity index (χ3v) is 3.98. The fraction of sp³-hybridized carbons (Fsp3) is 0.625. The van der Waals surface area contributed by atoms with Gasteiger partial charge in [-0.05, 0) is 37.1 Å². The third-order valence-electron chi connectivity index (χ3n) is 3.98. The summed E-state index contributed by atoms with van der Waals surface area (Å²) in [6, 6.07) is 6.14. The molecule has 1 aliphatic rings. The lowest BCUT2D eigenvalue weighted by atomic mass is 10.1. The fourth-order valence-electron chi connectivity index (χ4n) is 2.71. The highest BCUT2D eigenvalue weighted by Crippen LogP contribution is 2.17. The summed E-state index contributed by atoms with van der Waals surface area (Å²) >= 11 is 0. The zero-order chi connectivity index (χ0) is 14.4. The van der Waals surface area contributed by atoms with Crippen molar-refractivity contribution in [3.8, 4) is 0 Å². The molecule has 2 rings (SSSR count). The number of nitrogens with zero attached hydrogens (tertiary/aromatic N) is 2. The molecular formula is C16H25FN2O. The average molecular weight is 280 g/mol. The number of rotatable bonds is 6. The normalized spacial score (nSPS) is 19.1. The number of hydrogen-bond donors (Lipinski definition) is 1. The van der Waals surface area contributed by atoms with E-state index >= 15 is 0 Å². The summed E-state index contributed by atoms with van der Waals surface area (Å²) in [5, 5.41) is 10.1. The second kappa shape index (κ2) is 7.72. The lowest BCUT2D eigenvalue weighted by Gasteiger charge is -2.34. The first-order valence-corrected chi connectivity index (χ1v) is 7.57.